The Labute approximate surface area is 248 Å². The number of furan rings is 1. The lowest BCUT2D eigenvalue weighted by molar-refractivity contribution is -0.140. The standard InChI is InChI=1S/C30H33N9O4/c1-20-14-22-15-23(8-9-25(22)43-20)34-30(36-28(41)21-7-10-26(32-16-21)39-19-31-18-33-39)35-24-6-2-3-13-38(29(24)42)17-27(40)37-11-4-5-12-37/h7-10,14-16,18-19,24H,2-6,11-13,17H2,1H3,(H2,34,35,36,41). The molecular weight excluding hydrogens is 550 g/mol. The van der Waals surface area contributed by atoms with Gasteiger partial charge in [0.1, 0.15) is 30.0 Å². The first-order valence-corrected chi connectivity index (χ1v) is 14.5. The minimum atomic E-state index is -0.760. The van der Waals surface area contributed by atoms with Gasteiger partial charge in [0, 0.05) is 36.9 Å². The Bertz CT molecular complexity index is 1640. The van der Waals surface area contributed by atoms with Crippen molar-refractivity contribution in [2.45, 2.75) is 45.1 Å². The number of guanidine groups is 1. The van der Waals surface area contributed by atoms with Gasteiger partial charge in [-0.25, -0.2) is 19.6 Å². The van der Waals surface area contributed by atoms with E-state index in [4.69, 9.17) is 9.41 Å². The molecule has 3 amide bonds. The van der Waals surface area contributed by atoms with E-state index in [0.717, 1.165) is 55.5 Å². The van der Waals surface area contributed by atoms with Crippen molar-refractivity contribution in [1.29, 1.82) is 0 Å². The highest BCUT2D eigenvalue weighted by atomic mass is 16.3. The summed E-state index contributed by atoms with van der Waals surface area (Å²) in [5.74, 6) is 0.703. The van der Waals surface area contributed by atoms with Crippen LogP contribution in [-0.4, -0.2) is 85.5 Å². The number of hydrogen-bond donors (Lipinski definition) is 2. The van der Waals surface area contributed by atoms with Gasteiger partial charge in [-0.05, 0) is 75.4 Å². The molecule has 2 aliphatic rings. The van der Waals surface area contributed by atoms with Crippen molar-refractivity contribution in [3.05, 3.63) is 66.6 Å². The van der Waals surface area contributed by atoms with E-state index in [1.807, 2.05) is 36.1 Å². The molecule has 0 spiro atoms. The number of aromatic nitrogens is 4. The van der Waals surface area contributed by atoms with E-state index >= 15 is 0 Å². The third-order valence-corrected chi connectivity index (χ3v) is 7.62. The maximum atomic E-state index is 13.6. The van der Waals surface area contributed by atoms with Crippen LogP contribution in [0.3, 0.4) is 0 Å². The van der Waals surface area contributed by atoms with E-state index in [9.17, 15) is 14.4 Å². The summed E-state index contributed by atoms with van der Waals surface area (Å²) in [5.41, 5.74) is 1.69. The van der Waals surface area contributed by atoms with Crippen molar-refractivity contribution >= 4 is 40.3 Å². The third kappa shape index (κ3) is 6.55. The van der Waals surface area contributed by atoms with Crippen LogP contribution >= 0.6 is 0 Å². The van der Waals surface area contributed by atoms with E-state index in [0.29, 0.717) is 30.0 Å². The second-order valence-corrected chi connectivity index (χ2v) is 10.8. The zero-order valence-electron chi connectivity index (χ0n) is 23.9. The number of pyridine rings is 1. The van der Waals surface area contributed by atoms with Crippen LogP contribution in [0, 0.1) is 6.92 Å². The Morgan fingerprint density at radius 3 is 2.67 bits per heavy atom. The fourth-order valence-electron chi connectivity index (χ4n) is 5.40. The highest BCUT2D eigenvalue weighted by Gasteiger charge is 2.30. The topological polar surface area (TPSA) is 151 Å². The molecule has 1 atom stereocenters. The van der Waals surface area contributed by atoms with Crippen molar-refractivity contribution in [3.8, 4) is 5.82 Å². The number of nitrogens with one attached hydrogen (secondary N) is 2. The van der Waals surface area contributed by atoms with Gasteiger partial charge < -0.3 is 19.5 Å². The molecule has 5 heterocycles. The van der Waals surface area contributed by atoms with Gasteiger partial charge in [0.15, 0.2) is 5.82 Å². The van der Waals surface area contributed by atoms with Gasteiger partial charge in [-0.2, -0.15) is 5.10 Å². The summed E-state index contributed by atoms with van der Waals surface area (Å²) in [6.07, 6.45) is 8.38. The summed E-state index contributed by atoms with van der Waals surface area (Å²) in [6, 6.07) is 9.98. The smallest absolute Gasteiger partial charge is 0.259 e. The molecule has 3 aromatic heterocycles. The molecule has 13 heteroatoms. The average Bonchev–Trinajstić information content (AvgIpc) is 3.78. The molecule has 1 unspecified atom stereocenters. The number of amides is 3. The molecule has 0 aliphatic carbocycles. The number of aryl methyl sites for hydroxylation is 1. The number of hydrogen-bond acceptors (Lipinski definition) is 8. The molecule has 2 N–H and O–H groups in total. The van der Waals surface area contributed by atoms with Crippen molar-refractivity contribution < 1.29 is 18.8 Å². The van der Waals surface area contributed by atoms with E-state index in [-0.39, 0.29) is 24.3 Å². The Morgan fingerprint density at radius 1 is 1.07 bits per heavy atom. The average molecular weight is 584 g/mol. The summed E-state index contributed by atoms with van der Waals surface area (Å²) in [5, 5.41) is 11.0. The van der Waals surface area contributed by atoms with E-state index in [1.165, 1.54) is 23.5 Å². The number of rotatable bonds is 6. The first-order valence-electron chi connectivity index (χ1n) is 14.5. The largest absolute Gasteiger partial charge is 0.461 e. The number of fused-ring (bicyclic) bond motifs is 1. The first-order chi connectivity index (χ1) is 20.9. The SMILES string of the molecule is Cc1cc2cc(NC(=NC3CCCCN(CC(=O)N4CCCC4)C3=O)NC(=O)c3ccc(-n4cncn4)nc3)ccc2o1. The second kappa shape index (κ2) is 12.4. The Morgan fingerprint density at radius 2 is 1.91 bits per heavy atom. The monoisotopic (exact) mass is 583 g/mol. The minimum Gasteiger partial charge on any atom is -0.461 e. The fourth-order valence-corrected chi connectivity index (χ4v) is 5.40. The molecule has 222 valence electrons. The molecule has 13 nitrogen and oxygen atoms in total. The van der Waals surface area contributed by atoms with Gasteiger partial charge >= 0.3 is 0 Å². The lowest BCUT2D eigenvalue weighted by atomic mass is 10.1. The van der Waals surface area contributed by atoms with E-state index < -0.39 is 11.9 Å². The summed E-state index contributed by atoms with van der Waals surface area (Å²) in [7, 11) is 0. The molecule has 43 heavy (non-hydrogen) atoms. The number of benzene rings is 1. The van der Waals surface area contributed by atoms with E-state index in [2.05, 4.69) is 25.7 Å². The molecule has 6 rings (SSSR count). The maximum absolute atomic E-state index is 13.6. The van der Waals surface area contributed by atoms with Crippen molar-refractivity contribution in [1.82, 2.24) is 34.9 Å². The second-order valence-electron chi connectivity index (χ2n) is 10.8. The van der Waals surface area contributed by atoms with Gasteiger partial charge in [0.05, 0.1) is 12.1 Å². The van der Waals surface area contributed by atoms with Crippen LogP contribution in [0.2, 0.25) is 0 Å². The van der Waals surface area contributed by atoms with Gasteiger partial charge in [-0.3, -0.25) is 19.7 Å². The Hall–Kier alpha value is -5.07. The molecule has 2 aliphatic heterocycles. The highest BCUT2D eigenvalue weighted by Crippen LogP contribution is 2.23. The summed E-state index contributed by atoms with van der Waals surface area (Å²) in [4.78, 5) is 56.2. The number of nitrogens with zero attached hydrogens (tertiary/aromatic N) is 7. The van der Waals surface area contributed by atoms with Crippen LogP contribution in [0.25, 0.3) is 16.8 Å². The Balaban J connectivity index is 1.25. The summed E-state index contributed by atoms with van der Waals surface area (Å²) in [6.45, 7) is 3.88. The van der Waals surface area contributed by atoms with Crippen LogP contribution in [-0.2, 0) is 9.59 Å². The lowest BCUT2D eigenvalue weighted by Crippen LogP contribution is -2.45. The highest BCUT2D eigenvalue weighted by molar-refractivity contribution is 6.10. The van der Waals surface area contributed by atoms with Gasteiger partial charge in [-0.1, -0.05) is 0 Å². The van der Waals surface area contributed by atoms with Gasteiger partial charge in [-0.15, -0.1) is 0 Å². The van der Waals surface area contributed by atoms with Gasteiger partial charge in [0.25, 0.3) is 5.91 Å². The van der Waals surface area contributed by atoms with Crippen LogP contribution in [0.5, 0.6) is 0 Å². The summed E-state index contributed by atoms with van der Waals surface area (Å²) < 4.78 is 7.18. The van der Waals surface area contributed by atoms with Crippen molar-refractivity contribution in [2.75, 3.05) is 31.5 Å². The van der Waals surface area contributed by atoms with Crippen LogP contribution in [0.4, 0.5) is 5.69 Å². The molecule has 2 fully saturated rings. The predicted octanol–water partition coefficient (Wildman–Crippen LogP) is 2.92. The number of carbonyl (C=O) groups excluding carboxylic acids is 3. The number of anilines is 1. The zero-order chi connectivity index (χ0) is 29.8. The van der Waals surface area contributed by atoms with Crippen molar-refractivity contribution in [3.63, 3.8) is 0 Å². The third-order valence-electron chi connectivity index (χ3n) is 7.62. The van der Waals surface area contributed by atoms with Crippen molar-refractivity contribution in [2.24, 2.45) is 4.99 Å². The zero-order valence-corrected chi connectivity index (χ0v) is 23.9. The lowest BCUT2D eigenvalue weighted by Gasteiger charge is -2.25. The maximum Gasteiger partial charge on any atom is 0.259 e. The molecule has 0 bridgehead atoms. The molecule has 0 radical (unpaired) electrons. The van der Waals surface area contributed by atoms with Crippen LogP contribution < -0.4 is 10.6 Å². The molecule has 2 saturated heterocycles. The fraction of sp³-hybridized carbons (Fsp3) is 0.367. The normalized spacial score (nSPS) is 17.7. The number of carbonyl (C=O) groups is 3. The predicted molar refractivity (Wildman–Crippen MR) is 159 cm³/mol. The van der Waals surface area contributed by atoms with Crippen LogP contribution in [0.15, 0.2) is 64.7 Å². The molecular formula is C30H33N9O4. The minimum absolute atomic E-state index is 0.0346. The first kappa shape index (κ1) is 28.1. The summed E-state index contributed by atoms with van der Waals surface area (Å²) >= 11 is 0. The van der Waals surface area contributed by atoms with Crippen LogP contribution in [0.1, 0.15) is 48.2 Å². The Kier molecular flexibility index (Phi) is 8.11. The van der Waals surface area contributed by atoms with Gasteiger partial charge in [0.2, 0.25) is 17.8 Å². The quantitative estimate of drug-likeness (QED) is 0.260. The number of aliphatic imine (C=N–C) groups is 1. The molecule has 1 aromatic carbocycles. The molecule has 0 saturated carbocycles. The van der Waals surface area contributed by atoms with E-state index in [1.54, 1.807) is 17.0 Å². The molecule has 4 aromatic rings. The number of likely N-dealkylation sites (tertiary alicyclic amines) is 2.